The maximum Gasteiger partial charge on any atom is 0.407 e. The Kier molecular flexibility index (Phi) is 5.32. The highest BCUT2D eigenvalue weighted by molar-refractivity contribution is 5.68. The third-order valence-corrected chi connectivity index (χ3v) is 3.35. The molecule has 1 heterocycles. The molecule has 0 saturated heterocycles. The van der Waals surface area contributed by atoms with Gasteiger partial charge in [-0.05, 0) is 44.5 Å². The van der Waals surface area contributed by atoms with Crippen molar-refractivity contribution in [1.29, 1.82) is 0 Å². The van der Waals surface area contributed by atoms with Crippen molar-refractivity contribution in [3.8, 4) is 0 Å². The predicted octanol–water partition coefficient (Wildman–Crippen LogP) is 3.66. The van der Waals surface area contributed by atoms with E-state index in [1.165, 1.54) is 5.69 Å². The lowest BCUT2D eigenvalue weighted by Crippen LogP contribution is -2.32. The molecule has 0 aliphatic carbocycles. The van der Waals surface area contributed by atoms with Crippen molar-refractivity contribution in [1.82, 2.24) is 9.88 Å². The molecule has 1 amide bonds. The molecule has 2 N–H and O–H groups in total. The molecule has 0 bridgehead atoms. The van der Waals surface area contributed by atoms with Crippen LogP contribution in [0.2, 0.25) is 0 Å². The monoisotopic (exact) mass is 315 g/mol. The van der Waals surface area contributed by atoms with Crippen LogP contribution in [0.15, 0.2) is 42.6 Å². The van der Waals surface area contributed by atoms with Crippen LogP contribution in [-0.4, -0.2) is 16.3 Å². The fraction of sp³-hybridized carbons (Fsp3) is 0.389. The van der Waals surface area contributed by atoms with Gasteiger partial charge in [-0.3, -0.25) is 0 Å². The molecule has 5 nitrogen and oxygen atoms in total. The van der Waals surface area contributed by atoms with Gasteiger partial charge in [0.2, 0.25) is 0 Å². The summed E-state index contributed by atoms with van der Waals surface area (Å²) in [5.74, 6) is 0. The summed E-state index contributed by atoms with van der Waals surface area (Å²) in [6.07, 6.45) is 1.61. The Labute approximate surface area is 137 Å². The number of anilines is 1. The summed E-state index contributed by atoms with van der Waals surface area (Å²) < 4.78 is 7.34. The number of nitrogens with one attached hydrogen (secondary N) is 2. The number of carbonyl (C=O) groups is 1. The van der Waals surface area contributed by atoms with Crippen LogP contribution in [0.1, 0.15) is 32.0 Å². The van der Waals surface area contributed by atoms with Gasteiger partial charge in [0.05, 0.1) is 6.54 Å². The van der Waals surface area contributed by atoms with E-state index in [4.69, 9.17) is 4.74 Å². The number of aromatic nitrogens is 1. The SMILES string of the molecule is Cn1cccc1CNc1ccccc1CNC(=O)OC(C)(C)C. The number of para-hydroxylation sites is 1. The molecule has 2 rings (SSSR count). The van der Waals surface area contributed by atoms with Gasteiger partial charge < -0.3 is 19.9 Å². The number of hydrogen-bond donors (Lipinski definition) is 2. The van der Waals surface area contributed by atoms with Crippen LogP contribution in [0.3, 0.4) is 0 Å². The molecule has 0 unspecified atom stereocenters. The van der Waals surface area contributed by atoms with Crippen molar-refractivity contribution in [3.63, 3.8) is 0 Å². The van der Waals surface area contributed by atoms with Gasteiger partial charge in [-0.15, -0.1) is 0 Å². The Balaban J connectivity index is 1.95. The Morgan fingerprint density at radius 3 is 2.52 bits per heavy atom. The highest BCUT2D eigenvalue weighted by Crippen LogP contribution is 2.16. The topological polar surface area (TPSA) is 55.3 Å². The van der Waals surface area contributed by atoms with E-state index in [2.05, 4.69) is 21.3 Å². The van der Waals surface area contributed by atoms with Crippen molar-refractivity contribution in [2.75, 3.05) is 5.32 Å². The van der Waals surface area contributed by atoms with E-state index in [-0.39, 0.29) is 0 Å². The summed E-state index contributed by atoms with van der Waals surface area (Å²) in [6, 6.07) is 12.0. The minimum absolute atomic E-state index is 0.408. The van der Waals surface area contributed by atoms with Crippen molar-refractivity contribution in [3.05, 3.63) is 53.9 Å². The first-order valence-corrected chi connectivity index (χ1v) is 7.74. The molecule has 23 heavy (non-hydrogen) atoms. The molecule has 5 heteroatoms. The fourth-order valence-electron chi connectivity index (χ4n) is 2.19. The van der Waals surface area contributed by atoms with Crippen molar-refractivity contribution < 1.29 is 9.53 Å². The molecule has 0 spiro atoms. The number of hydrogen-bond acceptors (Lipinski definition) is 3. The zero-order valence-electron chi connectivity index (χ0n) is 14.2. The van der Waals surface area contributed by atoms with Gasteiger partial charge in [0, 0.05) is 31.2 Å². The van der Waals surface area contributed by atoms with Crippen LogP contribution < -0.4 is 10.6 Å². The average Bonchev–Trinajstić information content (AvgIpc) is 2.87. The zero-order valence-corrected chi connectivity index (χ0v) is 14.2. The average molecular weight is 315 g/mol. The molecule has 1 aromatic carbocycles. The molecule has 0 aliphatic rings. The number of aryl methyl sites for hydroxylation is 1. The van der Waals surface area contributed by atoms with E-state index >= 15 is 0 Å². The lowest BCUT2D eigenvalue weighted by Gasteiger charge is -2.20. The van der Waals surface area contributed by atoms with Crippen LogP contribution in [0.4, 0.5) is 10.5 Å². The maximum absolute atomic E-state index is 11.8. The summed E-state index contributed by atoms with van der Waals surface area (Å²) in [5, 5.41) is 6.21. The lowest BCUT2D eigenvalue weighted by molar-refractivity contribution is 0.0523. The predicted molar refractivity (Wildman–Crippen MR) is 92.3 cm³/mol. The van der Waals surface area contributed by atoms with Crippen molar-refractivity contribution in [2.24, 2.45) is 7.05 Å². The largest absolute Gasteiger partial charge is 0.444 e. The van der Waals surface area contributed by atoms with Crippen LogP contribution in [0, 0.1) is 0 Å². The van der Waals surface area contributed by atoms with Crippen LogP contribution in [0.5, 0.6) is 0 Å². The van der Waals surface area contributed by atoms with E-state index < -0.39 is 11.7 Å². The molecular formula is C18H25N3O2. The van der Waals surface area contributed by atoms with Gasteiger partial charge in [-0.1, -0.05) is 18.2 Å². The second-order valence-electron chi connectivity index (χ2n) is 6.48. The number of nitrogens with zero attached hydrogens (tertiary/aromatic N) is 1. The minimum Gasteiger partial charge on any atom is -0.444 e. The van der Waals surface area contributed by atoms with Crippen molar-refractivity contribution >= 4 is 11.8 Å². The molecule has 0 saturated carbocycles. The Morgan fingerprint density at radius 1 is 1.13 bits per heavy atom. The van der Waals surface area contributed by atoms with Gasteiger partial charge >= 0.3 is 6.09 Å². The minimum atomic E-state index is -0.492. The van der Waals surface area contributed by atoms with E-state index in [0.717, 1.165) is 17.8 Å². The van der Waals surface area contributed by atoms with Gasteiger partial charge in [0.15, 0.2) is 0 Å². The zero-order chi connectivity index (χ0) is 16.9. The molecule has 0 atom stereocenters. The standard InChI is InChI=1S/C18H25N3O2/c1-18(2,3)23-17(22)20-12-14-8-5-6-10-16(14)19-13-15-9-7-11-21(15)4/h5-11,19H,12-13H2,1-4H3,(H,20,22). The molecule has 0 aliphatic heterocycles. The normalized spacial score (nSPS) is 11.1. The highest BCUT2D eigenvalue weighted by atomic mass is 16.6. The second-order valence-corrected chi connectivity index (χ2v) is 6.48. The molecule has 0 fully saturated rings. The Bertz CT molecular complexity index is 656. The summed E-state index contributed by atoms with van der Waals surface area (Å²) in [4.78, 5) is 11.8. The Morgan fingerprint density at radius 2 is 1.87 bits per heavy atom. The summed E-state index contributed by atoms with van der Waals surface area (Å²) >= 11 is 0. The number of benzene rings is 1. The number of alkyl carbamates (subject to hydrolysis) is 1. The first-order chi connectivity index (χ1) is 10.8. The maximum atomic E-state index is 11.8. The smallest absolute Gasteiger partial charge is 0.407 e. The van der Waals surface area contributed by atoms with Gasteiger partial charge in [-0.2, -0.15) is 0 Å². The van der Waals surface area contributed by atoms with E-state index in [9.17, 15) is 4.79 Å². The molecule has 2 aromatic rings. The van der Waals surface area contributed by atoms with Crippen LogP contribution in [0.25, 0.3) is 0 Å². The second kappa shape index (κ2) is 7.22. The number of amides is 1. The van der Waals surface area contributed by atoms with Crippen LogP contribution in [-0.2, 0) is 24.9 Å². The number of carbonyl (C=O) groups excluding carboxylic acids is 1. The molecule has 1 aromatic heterocycles. The summed E-state index contributed by atoms with van der Waals surface area (Å²) in [6.45, 7) is 6.70. The molecule has 0 radical (unpaired) electrons. The third kappa shape index (κ3) is 5.36. The third-order valence-electron chi connectivity index (χ3n) is 3.35. The molecular weight excluding hydrogens is 290 g/mol. The first-order valence-electron chi connectivity index (χ1n) is 7.74. The summed E-state index contributed by atoms with van der Waals surface area (Å²) in [5.41, 5.74) is 2.73. The van der Waals surface area contributed by atoms with Gasteiger partial charge in [-0.25, -0.2) is 4.79 Å². The summed E-state index contributed by atoms with van der Waals surface area (Å²) in [7, 11) is 2.02. The lowest BCUT2D eigenvalue weighted by atomic mass is 10.1. The van der Waals surface area contributed by atoms with Crippen molar-refractivity contribution in [2.45, 2.75) is 39.5 Å². The van der Waals surface area contributed by atoms with E-state index in [1.54, 1.807) is 0 Å². The van der Waals surface area contributed by atoms with Gasteiger partial charge in [0.25, 0.3) is 0 Å². The molecule has 124 valence electrons. The Hall–Kier alpha value is -2.43. The van der Waals surface area contributed by atoms with E-state index in [1.807, 2.05) is 64.3 Å². The quantitative estimate of drug-likeness (QED) is 0.885. The first kappa shape index (κ1) is 16.9. The van der Waals surface area contributed by atoms with Crippen LogP contribution >= 0.6 is 0 Å². The van der Waals surface area contributed by atoms with Gasteiger partial charge in [0.1, 0.15) is 5.60 Å². The number of ether oxygens (including phenoxy) is 1. The number of rotatable bonds is 5. The van der Waals surface area contributed by atoms with E-state index in [0.29, 0.717) is 6.54 Å². The fourth-order valence-corrected chi connectivity index (χ4v) is 2.19. The highest BCUT2D eigenvalue weighted by Gasteiger charge is 2.16.